The fourth-order valence-electron chi connectivity index (χ4n) is 1.54. The van der Waals surface area contributed by atoms with Crippen LogP contribution in [-0.4, -0.2) is 37.2 Å². The van der Waals surface area contributed by atoms with Crippen LogP contribution >= 0.6 is 0 Å². The number of hydrogen-bond acceptors (Lipinski definition) is 3. The Bertz CT molecular complexity index is 211. The van der Waals surface area contributed by atoms with E-state index in [1.165, 1.54) is 0 Å². The van der Waals surface area contributed by atoms with Crippen LogP contribution in [0.4, 0.5) is 0 Å². The molecular weight excluding hydrogens is 180 g/mol. The molecule has 1 rings (SSSR count). The average molecular weight is 200 g/mol. The minimum absolute atomic E-state index is 0.0667. The second-order valence-corrected chi connectivity index (χ2v) is 4.79. The van der Waals surface area contributed by atoms with E-state index in [0.29, 0.717) is 0 Å². The summed E-state index contributed by atoms with van der Waals surface area (Å²) in [6, 6.07) is -0.0980. The maximum absolute atomic E-state index is 11.7. The molecule has 0 saturated carbocycles. The highest BCUT2D eigenvalue weighted by atomic mass is 16.5. The van der Waals surface area contributed by atoms with Gasteiger partial charge in [0.2, 0.25) is 5.91 Å². The van der Waals surface area contributed by atoms with Gasteiger partial charge in [-0.05, 0) is 27.2 Å². The smallest absolute Gasteiger partial charge is 0.237 e. The molecule has 0 aromatic carbocycles. The van der Waals surface area contributed by atoms with Gasteiger partial charge in [0.1, 0.15) is 0 Å². The predicted octanol–water partition coefficient (Wildman–Crippen LogP) is 0.278. The molecular formula is C10H20N2O2. The summed E-state index contributed by atoms with van der Waals surface area (Å²) < 4.78 is 5.18. The van der Waals surface area contributed by atoms with Crippen molar-refractivity contribution in [1.29, 1.82) is 0 Å². The number of carbonyl (C=O) groups is 1. The van der Waals surface area contributed by atoms with E-state index in [2.05, 4.69) is 10.6 Å². The van der Waals surface area contributed by atoms with E-state index in [9.17, 15) is 4.79 Å². The SMILES string of the molecule is CO[C@@H]1CN[C@H](C(=O)NC(C)(C)C)C1. The average Bonchev–Trinajstić information content (AvgIpc) is 2.48. The molecule has 1 aliphatic rings. The molecule has 0 aromatic rings. The molecule has 0 spiro atoms. The Hall–Kier alpha value is -0.610. The van der Waals surface area contributed by atoms with Crippen molar-refractivity contribution < 1.29 is 9.53 Å². The van der Waals surface area contributed by atoms with Crippen LogP contribution in [0.3, 0.4) is 0 Å². The topological polar surface area (TPSA) is 50.4 Å². The number of methoxy groups -OCH3 is 1. The first-order valence-electron chi connectivity index (χ1n) is 5.00. The van der Waals surface area contributed by atoms with Crippen LogP contribution in [0, 0.1) is 0 Å². The molecule has 0 aliphatic carbocycles. The lowest BCUT2D eigenvalue weighted by atomic mass is 10.1. The first kappa shape index (κ1) is 11.5. The number of amides is 1. The normalized spacial score (nSPS) is 27.7. The predicted molar refractivity (Wildman–Crippen MR) is 55.1 cm³/mol. The zero-order valence-corrected chi connectivity index (χ0v) is 9.39. The van der Waals surface area contributed by atoms with E-state index in [-0.39, 0.29) is 23.6 Å². The second kappa shape index (κ2) is 4.28. The number of carbonyl (C=O) groups excluding carboxylic acids is 1. The quantitative estimate of drug-likeness (QED) is 0.673. The van der Waals surface area contributed by atoms with Gasteiger partial charge in [-0.25, -0.2) is 0 Å². The van der Waals surface area contributed by atoms with E-state index in [4.69, 9.17) is 4.74 Å². The Labute approximate surface area is 85.4 Å². The molecule has 1 aliphatic heterocycles. The lowest BCUT2D eigenvalue weighted by molar-refractivity contribution is -0.124. The summed E-state index contributed by atoms with van der Waals surface area (Å²) in [5, 5.41) is 6.09. The highest BCUT2D eigenvalue weighted by Crippen LogP contribution is 2.10. The van der Waals surface area contributed by atoms with Crippen molar-refractivity contribution in [2.45, 2.75) is 44.9 Å². The Morgan fingerprint density at radius 1 is 1.50 bits per heavy atom. The molecule has 0 unspecified atom stereocenters. The van der Waals surface area contributed by atoms with Gasteiger partial charge in [-0.2, -0.15) is 0 Å². The van der Waals surface area contributed by atoms with Gasteiger partial charge in [0.25, 0.3) is 0 Å². The van der Waals surface area contributed by atoms with Gasteiger partial charge in [0.05, 0.1) is 12.1 Å². The number of ether oxygens (including phenoxy) is 1. The zero-order chi connectivity index (χ0) is 10.8. The van der Waals surface area contributed by atoms with E-state index >= 15 is 0 Å². The Morgan fingerprint density at radius 2 is 2.14 bits per heavy atom. The van der Waals surface area contributed by atoms with Gasteiger partial charge < -0.3 is 15.4 Å². The molecule has 14 heavy (non-hydrogen) atoms. The van der Waals surface area contributed by atoms with Crippen molar-refractivity contribution in [1.82, 2.24) is 10.6 Å². The Kier molecular flexibility index (Phi) is 3.50. The van der Waals surface area contributed by atoms with Crippen LogP contribution in [0.5, 0.6) is 0 Å². The lowest BCUT2D eigenvalue weighted by Crippen LogP contribution is -2.48. The largest absolute Gasteiger partial charge is 0.380 e. The van der Waals surface area contributed by atoms with E-state index in [1.807, 2.05) is 20.8 Å². The fraction of sp³-hybridized carbons (Fsp3) is 0.900. The van der Waals surface area contributed by atoms with Crippen molar-refractivity contribution in [3.63, 3.8) is 0 Å². The van der Waals surface area contributed by atoms with Crippen molar-refractivity contribution in [3.05, 3.63) is 0 Å². The molecule has 4 nitrogen and oxygen atoms in total. The summed E-state index contributed by atoms with van der Waals surface area (Å²) in [6.07, 6.45) is 0.934. The van der Waals surface area contributed by atoms with Gasteiger partial charge in [0.15, 0.2) is 0 Å². The Morgan fingerprint density at radius 3 is 2.57 bits per heavy atom. The van der Waals surface area contributed by atoms with Gasteiger partial charge in [-0.1, -0.05) is 0 Å². The molecule has 0 bridgehead atoms. The molecule has 1 fully saturated rings. The van der Waals surface area contributed by atoms with Gasteiger partial charge in [-0.3, -0.25) is 4.79 Å². The summed E-state index contributed by atoms with van der Waals surface area (Å²) in [7, 11) is 1.68. The standard InChI is InChI=1S/C10H20N2O2/c1-10(2,3)12-9(13)8-5-7(14-4)6-11-8/h7-8,11H,5-6H2,1-4H3,(H,12,13)/t7-,8-/m0/s1. The Balaban J connectivity index is 2.40. The fourth-order valence-corrected chi connectivity index (χ4v) is 1.54. The van der Waals surface area contributed by atoms with Gasteiger partial charge >= 0.3 is 0 Å². The van der Waals surface area contributed by atoms with Crippen molar-refractivity contribution in [2.75, 3.05) is 13.7 Å². The number of hydrogen-bond donors (Lipinski definition) is 2. The monoisotopic (exact) mass is 200 g/mol. The summed E-state index contributed by atoms with van der Waals surface area (Å²) in [4.78, 5) is 11.7. The first-order chi connectivity index (χ1) is 6.42. The summed E-state index contributed by atoms with van der Waals surface area (Å²) in [5.74, 6) is 0.0667. The first-order valence-corrected chi connectivity index (χ1v) is 5.00. The third kappa shape index (κ3) is 3.27. The van der Waals surface area contributed by atoms with Gasteiger partial charge in [-0.15, -0.1) is 0 Å². The minimum Gasteiger partial charge on any atom is -0.380 e. The van der Waals surface area contributed by atoms with Crippen LogP contribution < -0.4 is 10.6 Å². The number of nitrogens with one attached hydrogen (secondary N) is 2. The molecule has 4 heteroatoms. The maximum Gasteiger partial charge on any atom is 0.237 e. The van der Waals surface area contributed by atoms with Crippen molar-refractivity contribution in [2.24, 2.45) is 0 Å². The van der Waals surface area contributed by atoms with Crippen LogP contribution in [-0.2, 0) is 9.53 Å². The van der Waals surface area contributed by atoms with Crippen LogP contribution in [0.2, 0.25) is 0 Å². The lowest BCUT2D eigenvalue weighted by Gasteiger charge is -2.23. The highest BCUT2D eigenvalue weighted by molar-refractivity contribution is 5.82. The highest BCUT2D eigenvalue weighted by Gasteiger charge is 2.30. The summed E-state index contributed by atoms with van der Waals surface area (Å²) in [5.41, 5.74) is -0.163. The maximum atomic E-state index is 11.7. The third-order valence-corrected chi connectivity index (χ3v) is 2.24. The van der Waals surface area contributed by atoms with E-state index in [1.54, 1.807) is 7.11 Å². The van der Waals surface area contributed by atoms with Crippen molar-refractivity contribution in [3.8, 4) is 0 Å². The molecule has 0 aromatic heterocycles. The summed E-state index contributed by atoms with van der Waals surface area (Å²) >= 11 is 0. The molecule has 82 valence electrons. The third-order valence-electron chi connectivity index (χ3n) is 2.24. The molecule has 0 radical (unpaired) electrons. The second-order valence-electron chi connectivity index (χ2n) is 4.79. The van der Waals surface area contributed by atoms with E-state index < -0.39 is 0 Å². The zero-order valence-electron chi connectivity index (χ0n) is 9.39. The van der Waals surface area contributed by atoms with Crippen LogP contribution in [0.15, 0.2) is 0 Å². The van der Waals surface area contributed by atoms with Crippen LogP contribution in [0.25, 0.3) is 0 Å². The summed E-state index contributed by atoms with van der Waals surface area (Å²) in [6.45, 7) is 6.70. The molecule has 1 saturated heterocycles. The number of rotatable bonds is 2. The molecule has 2 atom stereocenters. The minimum atomic E-state index is -0.163. The molecule has 1 heterocycles. The molecule has 2 N–H and O–H groups in total. The van der Waals surface area contributed by atoms with Crippen LogP contribution in [0.1, 0.15) is 27.2 Å². The molecule has 1 amide bonds. The van der Waals surface area contributed by atoms with E-state index in [0.717, 1.165) is 13.0 Å². The van der Waals surface area contributed by atoms with Gasteiger partial charge in [0, 0.05) is 19.2 Å². The van der Waals surface area contributed by atoms with Crippen molar-refractivity contribution >= 4 is 5.91 Å².